The van der Waals surface area contributed by atoms with E-state index in [0.717, 1.165) is 16.1 Å². The number of ether oxygens (including phenoxy) is 1. The zero-order valence-electron chi connectivity index (χ0n) is 15.4. The van der Waals surface area contributed by atoms with E-state index in [9.17, 15) is 4.79 Å². The van der Waals surface area contributed by atoms with Crippen LogP contribution in [0.5, 0.6) is 5.88 Å². The molecular formula is C20H18N4O2S2. The molecule has 0 bridgehead atoms. The topological polar surface area (TPSA) is 68.2 Å². The molecule has 6 nitrogen and oxygen atoms in total. The lowest BCUT2D eigenvalue weighted by Gasteiger charge is -2.28. The molecule has 28 heavy (non-hydrogen) atoms. The summed E-state index contributed by atoms with van der Waals surface area (Å²) >= 11 is 3.01. The monoisotopic (exact) mass is 410 g/mol. The highest BCUT2D eigenvalue weighted by molar-refractivity contribution is 7.98. The molecule has 0 aliphatic carbocycles. The molecule has 0 radical (unpaired) electrons. The molecule has 4 rings (SSSR count). The van der Waals surface area contributed by atoms with E-state index in [4.69, 9.17) is 4.74 Å². The van der Waals surface area contributed by atoms with Crippen molar-refractivity contribution in [1.29, 1.82) is 0 Å². The predicted molar refractivity (Wildman–Crippen MR) is 113 cm³/mol. The Kier molecular flexibility index (Phi) is 5.40. The molecule has 2 aromatic heterocycles. The third kappa shape index (κ3) is 3.53. The van der Waals surface area contributed by atoms with Crippen molar-refractivity contribution in [2.75, 3.05) is 11.2 Å². The van der Waals surface area contributed by atoms with Crippen molar-refractivity contribution in [2.45, 2.75) is 24.7 Å². The average Bonchev–Trinajstić information content (AvgIpc) is 3.21. The lowest BCUT2D eigenvalue weighted by Crippen LogP contribution is -2.42. The molecule has 1 aliphatic rings. The summed E-state index contributed by atoms with van der Waals surface area (Å²) in [6.07, 6.45) is 5.44. The van der Waals surface area contributed by atoms with Crippen LogP contribution < -0.4 is 9.64 Å². The zero-order chi connectivity index (χ0) is 19.5. The van der Waals surface area contributed by atoms with Crippen LogP contribution in [-0.2, 0) is 4.79 Å². The van der Waals surface area contributed by atoms with Crippen molar-refractivity contribution in [1.82, 2.24) is 15.2 Å². The van der Waals surface area contributed by atoms with Crippen LogP contribution >= 0.6 is 23.1 Å². The molecule has 1 atom stereocenters. The van der Waals surface area contributed by atoms with Gasteiger partial charge < -0.3 is 4.74 Å². The zero-order valence-corrected chi connectivity index (χ0v) is 17.0. The highest BCUT2D eigenvalue weighted by Crippen LogP contribution is 2.39. The third-order valence-electron chi connectivity index (χ3n) is 4.26. The first-order valence-electron chi connectivity index (χ1n) is 8.79. The van der Waals surface area contributed by atoms with Crippen molar-refractivity contribution in [3.8, 4) is 17.1 Å². The minimum atomic E-state index is -0.636. The van der Waals surface area contributed by atoms with Crippen LogP contribution in [0.1, 0.15) is 18.2 Å². The number of rotatable bonds is 4. The third-order valence-corrected chi connectivity index (χ3v) is 5.64. The Labute approximate surface area is 171 Å². The molecule has 0 N–H and O–H groups in total. The largest absolute Gasteiger partial charge is 0.448 e. The smallest absolute Gasteiger partial charge is 0.247 e. The Balaban J connectivity index is 1.88. The van der Waals surface area contributed by atoms with Crippen LogP contribution in [0.15, 0.2) is 53.0 Å². The number of benzene rings is 1. The van der Waals surface area contributed by atoms with Crippen molar-refractivity contribution in [3.63, 3.8) is 0 Å². The minimum Gasteiger partial charge on any atom is -0.448 e. The average molecular weight is 411 g/mol. The molecular weight excluding hydrogens is 392 g/mol. The van der Waals surface area contributed by atoms with Crippen molar-refractivity contribution < 1.29 is 9.53 Å². The van der Waals surface area contributed by atoms with Gasteiger partial charge in [-0.2, -0.15) is 4.98 Å². The van der Waals surface area contributed by atoms with Crippen LogP contribution in [0, 0.1) is 0 Å². The van der Waals surface area contributed by atoms with Crippen LogP contribution in [0.25, 0.3) is 17.3 Å². The van der Waals surface area contributed by atoms with E-state index in [1.807, 2.05) is 67.1 Å². The van der Waals surface area contributed by atoms with Crippen LogP contribution in [0.2, 0.25) is 0 Å². The number of thioether (sulfide) groups is 1. The first kappa shape index (κ1) is 18.6. The Morgan fingerprint density at radius 1 is 1.29 bits per heavy atom. The molecule has 1 aliphatic heterocycles. The number of hydrogen-bond donors (Lipinski definition) is 0. The van der Waals surface area contributed by atoms with E-state index in [2.05, 4.69) is 15.2 Å². The maximum Gasteiger partial charge on any atom is 0.247 e. The summed E-state index contributed by atoms with van der Waals surface area (Å²) in [6.45, 7) is 1.84. The fraction of sp³-hybridized carbons (Fsp3) is 0.200. The van der Waals surface area contributed by atoms with Gasteiger partial charge in [0.1, 0.15) is 0 Å². The van der Waals surface area contributed by atoms with Gasteiger partial charge in [0, 0.05) is 16.9 Å². The summed E-state index contributed by atoms with van der Waals surface area (Å²) in [4.78, 5) is 20.1. The van der Waals surface area contributed by atoms with E-state index in [1.54, 1.807) is 16.2 Å². The molecule has 1 unspecified atom stereocenters. The van der Waals surface area contributed by atoms with E-state index in [1.165, 1.54) is 11.8 Å². The molecule has 0 spiro atoms. The molecule has 0 saturated carbocycles. The second-order valence-corrected chi connectivity index (χ2v) is 7.72. The van der Waals surface area contributed by atoms with E-state index < -0.39 is 6.23 Å². The molecule has 3 heterocycles. The standard InChI is InChI=1S/C20H18N4O2S2/c1-3-16(25)24-15-9-5-4-8-14(15)18-19(21-20(27-2)23-22-18)26-17(24)11-10-13-7-6-12-28-13/h4-12,17H,3H2,1-2H3. The maximum atomic E-state index is 12.9. The fourth-order valence-corrected chi connectivity index (χ4v) is 3.88. The van der Waals surface area contributed by atoms with Crippen molar-refractivity contribution in [3.05, 3.63) is 52.7 Å². The first-order chi connectivity index (χ1) is 13.7. The number of hydrogen-bond acceptors (Lipinski definition) is 7. The quantitative estimate of drug-likeness (QED) is 0.590. The van der Waals surface area contributed by atoms with Gasteiger partial charge in [-0.3, -0.25) is 9.69 Å². The van der Waals surface area contributed by atoms with Gasteiger partial charge in [-0.15, -0.1) is 21.5 Å². The molecule has 0 saturated heterocycles. The second-order valence-electron chi connectivity index (χ2n) is 5.97. The number of para-hydroxylation sites is 1. The Bertz CT molecular complexity index is 1020. The summed E-state index contributed by atoms with van der Waals surface area (Å²) in [6, 6.07) is 11.6. The summed E-state index contributed by atoms with van der Waals surface area (Å²) in [7, 11) is 0. The van der Waals surface area contributed by atoms with Crippen LogP contribution in [0.3, 0.4) is 0 Å². The van der Waals surface area contributed by atoms with Gasteiger partial charge in [0.15, 0.2) is 11.9 Å². The van der Waals surface area contributed by atoms with Crippen LogP contribution in [-0.4, -0.2) is 33.6 Å². The van der Waals surface area contributed by atoms with E-state index >= 15 is 0 Å². The van der Waals surface area contributed by atoms with Crippen LogP contribution in [0.4, 0.5) is 5.69 Å². The summed E-state index contributed by atoms with van der Waals surface area (Å²) in [5.41, 5.74) is 2.05. The maximum absolute atomic E-state index is 12.9. The number of nitrogens with zero attached hydrogens (tertiary/aromatic N) is 4. The number of anilines is 1. The SMILES string of the molecule is CCC(=O)N1c2ccccc2-c2nnc(SC)nc2OC1C=Cc1cccs1. The van der Waals surface area contributed by atoms with Crippen molar-refractivity contribution >= 4 is 40.8 Å². The second kappa shape index (κ2) is 8.12. The van der Waals surface area contributed by atoms with E-state index in [0.29, 0.717) is 23.2 Å². The normalized spacial score (nSPS) is 15.6. The van der Waals surface area contributed by atoms with Gasteiger partial charge in [-0.1, -0.05) is 43.0 Å². The predicted octanol–water partition coefficient (Wildman–Crippen LogP) is 4.50. The number of carbonyl (C=O) groups excluding carboxylic acids is 1. The van der Waals surface area contributed by atoms with E-state index in [-0.39, 0.29) is 5.91 Å². The van der Waals surface area contributed by atoms with Gasteiger partial charge in [-0.05, 0) is 35.9 Å². The number of amides is 1. The molecule has 3 aromatic rings. The Hall–Kier alpha value is -2.71. The molecule has 1 amide bonds. The van der Waals surface area contributed by atoms with Gasteiger partial charge in [0.05, 0.1) is 5.69 Å². The summed E-state index contributed by atoms with van der Waals surface area (Å²) < 4.78 is 6.21. The number of aromatic nitrogens is 3. The number of carbonyl (C=O) groups is 1. The Morgan fingerprint density at radius 2 is 2.14 bits per heavy atom. The highest BCUT2D eigenvalue weighted by atomic mass is 32.2. The number of thiophene rings is 1. The lowest BCUT2D eigenvalue weighted by molar-refractivity contribution is -0.119. The summed E-state index contributed by atoms with van der Waals surface area (Å²) in [5.74, 6) is 0.332. The van der Waals surface area contributed by atoms with Gasteiger partial charge in [-0.25, -0.2) is 0 Å². The molecule has 142 valence electrons. The first-order valence-corrected chi connectivity index (χ1v) is 10.9. The molecule has 8 heteroatoms. The van der Waals surface area contributed by atoms with Crippen molar-refractivity contribution in [2.24, 2.45) is 0 Å². The summed E-state index contributed by atoms with van der Waals surface area (Å²) in [5, 5.41) is 11.0. The molecule has 0 fully saturated rings. The van der Waals surface area contributed by atoms with Gasteiger partial charge in [0.25, 0.3) is 0 Å². The number of fused-ring (bicyclic) bond motifs is 3. The molecule has 1 aromatic carbocycles. The Morgan fingerprint density at radius 3 is 2.89 bits per heavy atom. The van der Waals surface area contributed by atoms with Gasteiger partial charge in [0.2, 0.25) is 16.9 Å². The highest BCUT2D eigenvalue weighted by Gasteiger charge is 2.32. The minimum absolute atomic E-state index is 0.0425. The van der Waals surface area contributed by atoms with Gasteiger partial charge >= 0.3 is 0 Å². The lowest BCUT2D eigenvalue weighted by atomic mass is 10.1. The fourth-order valence-electron chi connectivity index (χ4n) is 2.96.